The molecule has 2 N–H and O–H groups in total. The molecule has 3 nitrogen and oxygen atoms in total. The highest BCUT2D eigenvalue weighted by Crippen LogP contribution is 2.24. The van der Waals surface area contributed by atoms with E-state index in [0.717, 1.165) is 13.0 Å². The van der Waals surface area contributed by atoms with E-state index in [2.05, 4.69) is 0 Å². The highest BCUT2D eigenvalue weighted by atomic mass is 16.6. The van der Waals surface area contributed by atoms with E-state index in [1.165, 1.54) is 0 Å². The summed E-state index contributed by atoms with van der Waals surface area (Å²) in [5, 5.41) is 0. The number of nitrogens with two attached hydrogens (primary N) is 1. The van der Waals surface area contributed by atoms with E-state index in [1.807, 2.05) is 0 Å². The zero-order chi connectivity index (χ0) is 6.27. The Balaban J connectivity index is 2.07. The molecule has 0 aromatic heterocycles. The van der Waals surface area contributed by atoms with Gasteiger partial charge in [0.25, 0.3) is 0 Å². The largest absolute Gasteiger partial charge is 0.374 e. The predicted octanol–water partition coefficient (Wildman–Crippen LogP) is -0.499. The van der Waals surface area contributed by atoms with Crippen molar-refractivity contribution < 1.29 is 9.47 Å². The lowest BCUT2D eigenvalue weighted by molar-refractivity contribution is 0.0709. The summed E-state index contributed by atoms with van der Waals surface area (Å²) in [6, 6.07) is 0.123. The van der Waals surface area contributed by atoms with Crippen LogP contribution in [0.2, 0.25) is 0 Å². The third-order valence-electron chi connectivity index (χ3n) is 2.00. The van der Waals surface area contributed by atoms with Crippen LogP contribution in [0.15, 0.2) is 0 Å². The van der Waals surface area contributed by atoms with E-state index in [-0.39, 0.29) is 12.1 Å². The van der Waals surface area contributed by atoms with Gasteiger partial charge in [0.2, 0.25) is 0 Å². The van der Waals surface area contributed by atoms with Crippen LogP contribution in [-0.2, 0) is 9.47 Å². The molecule has 0 saturated carbocycles. The van der Waals surface area contributed by atoms with Crippen LogP contribution in [0.3, 0.4) is 0 Å². The molecule has 0 amide bonds. The van der Waals surface area contributed by atoms with Gasteiger partial charge in [-0.3, -0.25) is 0 Å². The molecule has 2 rings (SSSR count). The summed E-state index contributed by atoms with van der Waals surface area (Å²) in [5.74, 6) is 0. The number of hydrogen-bond donors (Lipinski definition) is 1. The molecule has 2 saturated heterocycles. The normalized spacial score (nSPS) is 49.7. The maximum Gasteiger partial charge on any atom is 0.101 e. The highest BCUT2D eigenvalue weighted by Gasteiger charge is 2.39. The van der Waals surface area contributed by atoms with Crippen LogP contribution >= 0.6 is 0 Å². The van der Waals surface area contributed by atoms with Crippen molar-refractivity contribution >= 4 is 0 Å². The fourth-order valence-corrected chi connectivity index (χ4v) is 1.50. The maximum atomic E-state index is 5.67. The lowest BCUT2D eigenvalue weighted by Gasteiger charge is -2.09. The average molecular weight is 129 g/mol. The van der Waals surface area contributed by atoms with E-state index in [0.29, 0.717) is 12.7 Å². The fourth-order valence-electron chi connectivity index (χ4n) is 1.50. The van der Waals surface area contributed by atoms with Crippen LogP contribution in [0.5, 0.6) is 0 Å². The molecule has 2 heterocycles. The summed E-state index contributed by atoms with van der Waals surface area (Å²) in [6.07, 6.45) is 1.53. The summed E-state index contributed by atoms with van der Waals surface area (Å²) < 4.78 is 10.7. The molecule has 2 aliphatic rings. The molecule has 2 unspecified atom stereocenters. The first-order valence-corrected chi connectivity index (χ1v) is 3.37. The minimum Gasteiger partial charge on any atom is -0.374 e. The Bertz CT molecular complexity index is 118. The first-order chi connectivity index (χ1) is 4.38. The quantitative estimate of drug-likeness (QED) is 0.479. The van der Waals surface area contributed by atoms with Gasteiger partial charge in [0, 0.05) is 6.61 Å². The van der Waals surface area contributed by atoms with Crippen molar-refractivity contribution in [1.82, 2.24) is 0 Å². The number of rotatable bonds is 0. The van der Waals surface area contributed by atoms with Gasteiger partial charge >= 0.3 is 0 Å². The van der Waals surface area contributed by atoms with Crippen LogP contribution in [0.25, 0.3) is 0 Å². The smallest absolute Gasteiger partial charge is 0.101 e. The fraction of sp³-hybridized carbons (Fsp3) is 1.00. The molecule has 2 fully saturated rings. The molecule has 0 aliphatic carbocycles. The summed E-state index contributed by atoms with van der Waals surface area (Å²) in [6.45, 7) is 1.50. The summed E-state index contributed by atoms with van der Waals surface area (Å²) in [5.41, 5.74) is 5.67. The molecule has 9 heavy (non-hydrogen) atoms. The molecule has 3 atom stereocenters. The zero-order valence-corrected chi connectivity index (χ0v) is 5.25. The van der Waals surface area contributed by atoms with Crippen molar-refractivity contribution in [3.8, 4) is 0 Å². The van der Waals surface area contributed by atoms with Gasteiger partial charge in [0.1, 0.15) is 6.10 Å². The third-order valence-corrected chi connectivity index (χ3v) is 2.00. The third kappa shape index (κ3) is 0.764. The molecule has 2 aliphatic heterocycles. The van der Waals surface area contributed by atoms with Crippen molar-refractivity contribution in [2.75, 3.05) is 13.2 Å². The van der Waals surface area contributed by atoms with Crippen LogP contribution in [-0.4, -0.2) is 31.5 Å². The van der Waals surface area contributed by atoms with Gasteiger partial charge in [-0.25, -0.2) is 0 Å². The van der Waals surface area contributed by atoms with Gasteiger partial charge in [0.05, 0.1) is 18.8 Å². The average Bonchev–Trinajstić information content (AvgIpc) is 2.35. The van der Waals surface area contributed by atoms with Crippen molar-refractivity contribution in [1.29, 1.82) is 0 Å². The minimum atomic E-state index is 0.123. The lowest BCUT2D eigenvalue weighted by Crippen LogP contribution is -2.34. The standard InChI is InChI=1S/C6H11NO2/c7-4-3-9-5-1-2-8-6(4)5/h4-6H,1-3,7H2/t4-,5?,6?/m0/s1. The monoisotopic (exact) mass is 129 g/mol. The van der Waals surface area contributed by atoms with Crippen molar-refractivity contribution in [2.45, 2.75) is 24.7 Å². The predicted molar refractivity (Wildman–Crippen MR) is 32.1 cm³/mol. The van der Waals surface area contributed by atoms with Gasteiger partial charge in [0.15, 0.2) is 0 Å². The summed E-state index contributed by atoms with van der Waals surface area (Å²) in [7, 11) is 0. The van der Waals surface area contributed by atoms with Gasteiger partial charge in [-0.1, -0.05) is 0 Å². The first kappa shape index (κ1) is 5.65. The minimum absolute atomic E-state index is 0.123. The molecule has 0 radical (unpaired) electrons. The summed E-state index contributed by atoms with van der Waals surface area (Å²) in [4.78, 5) is 0. The van der Waals surface area contributed by atoms with E-state index in [1.54, 1.807) is 0 Å². The topological polar surface area (TPSA) is 44.5 Å². The molecule has 0 aromatic carbocycles. The second kappa shape index (κ2) is 1.94. The van der Waals surface area contributed by atoms with Crippen LogP contribution < -0.4 is 5.73 Å². The number of fused-ring (bicyclic) bond motifs is 1. The van der Waals surface area contributed by atoms with Crippen molar-refractivity contribution in [2.24, 2.45) is 5.73 Å². The van der Waals surface area contributed by atoms with E-state index in [4.69, 9.17) is 15.2 Å². The molecule has 0 aromatic rings. The molecule has 3 heteroatoms. The second-order valence-corrected chi connectivity index (χ2v) is 2.66. The van der Waals surface area contributed by atoms with Crippen LogP contribution in [0.1, 0.15) is 6.42 Å². The van der Waals surface area contributed by atoms with Crippen molar-refractivity contribution in [3.63, 3.8) is 0 Å². The van der Waals surface area contributed by atoms with Gasteiger partial charge in [-0.2, -0.15) is 0 Å². The molecule has 52 valence electrons. The lowest BCUT2D eigenvalue weighted by atomic mass is 10.1. The van der Waals surface area contributed by atoms with E-state index in [9.17, 15) is 0 Å². The van der Waals surface area contributed by atoms with E-state index >= 15 is 0 Å². The molecular formula is C6H11NO2. The SMILES string of the molecule is N[C@H]1COC2CCOC21. The number of hydrogen-bond acceptors (Lipinski definition) is 3. The van der Waals surface area contributed by atoms with Crippen molar-refractivity contribution in [3.05, 3.63) is 0 Å². The Morgan fingerprint density at radius 2 is 2.22 bits per heavy atom. The highest BCUT2D eigenvalue weighted by molar-refractivity contribution is 4.90. The first-order valence-electron chi connectivity index (χ1n) is 3.37. The van der Waals surface area contributed by atoms with Crippen LogP contribution in [0.4, 0.5) is 0 Å². The van der Waals surface area contributed by atoms with E-state index < -0.39 is 0 Å². The molecule has 0 bridgehead atoms. The molecule has 0 spiro atoms. The van der Waals surface area contributed by atoms with Crippen LogP contribution in [0, 0.1) is 0 Å². The Morgan fingerprint density at radius 3 is 3.00 bits per heavy atom. The zero-order valence-electron chi connectivity index (χ0n) is 5.25. The Morgan fingerprint density at radius 1 is 1.33 bits per heavy atom. The maximum absolute atomic E-state index is 5.67. The Kier molecular flexibility index (Phi) is 1.22. The Hall–Kier alpha value is -0.120. The van der Waals surface area contributed by atoms with Gasteiger partial charge in [-0.15, -0.1) is 0 Å². The Labute approximate surface area is 54.1 Å². The van der Waals surface area contributed by atoms with Gasteiger partial charge < -0.3 is 15.2 Å². The molecular weight excluding hydrogens is 118 g/mol. The number of ether oxygens (including phenoxy) is 2. The van der Waals surface area contributed by atoms with Gasteiger partial charge in [-0.05, 0) is 6.42 Å². The second-order valence-electron chi connectivity index (χ2n) is 2.66. The summed E-state index contributed by atoms with van der Waals surface area (Å²) >= 11 is 0.